The highest BCUT2D eigenvalue weighted by molar-refractivity contribution is 5.94. The molecule has 0 unspecified atom stereocenters. The molecule has 2 aromatic carbocycles. The number of nitrogens with zero attached hydrogens (tertiary/aromatic N) is 6. The number of carbonyl (C=O) groups excluding carboxylic acids is 1. The maximum Gasteiger partial charge on any atom is 0.246 e. The normalized spacial score (nSPS) is 14.5. The fourth-order valence-corrected chi connectivity index (χ4v) is 4.26. The molecule has 0 spiro atoms. The molecule has 1 N–H and O–H groups in total. The minimum Gasteiger partial charge on any atom is -0.367 e. The summed E-state index contributed by atoms with van der Waals surface area (Å²) in [6, 6.07) is 19.8. The molecule has 1 saturated heterocycles. The van der Waals surface area contributed by atoms with E-state index in [1.165, 1.54) is 5.56 Å². The summed E-state index contributed by atoms with van der Waals surface area (Å²) in [5.74, 6) is -0.117. The van der Waals surface area contributed by atoms with E-state index in [4.69, 9.17) is 0 Å². The van der Waals surface area contributed by atoms with Gasteiger partial charge in [-0.25, -0.2) is 4.68 Å². The van der Waals surface area contributed by atoms with Gasteiger partial charge in [-0.15, -0.1) is 5.10 Å². The Morgan fingerprint density at radius 1 is 0.909 bits per heavy atom. The molecule has 0 aliphatic carbocycles. The number of fused-ring (bicyclic) bond motifs is 1. The van der Waals surface area contributed by atoms with Gasteiger partial charge in [0.05, 0.1) is 16.9 Å². The average Bonchev–Trinajstić information content (AvgIpc) is 3.27. The van der Waals surface area contributed by atoms with Crippen LogP contribution in [0.4, 0.5) is 11.4 Å². The second kappa shape index (κ2) is 9.79. The Kier molecular flexibility index (Phi) is 6.25. The number of carbonyl (C=O) groups is 1. The first-order valence-electron chi connectivity index (χ1n) is 11.3. The molecule has 5 rings (SSSR count). The predicted molar refractivity (Wildman–Crippen MR) is 129 cm³/mol. The van der Waals surface area contributed by atoms with Gasteiger partial charge in [0.1, 0.15) is 12.1 Å². The molecule has 1 aliphatic rings. The van der Waals surface area contributed by atoms with E-state index in [1.807, 2.05) is 54.9 Å². The van der Waals surface area contributed by atoms with Gasteiger partial charge < -0.3 is 10.2 Å². The maximum atomic E-state index is 12.8. The number of amides is 1. The molecular formula is C25H27N7O. The Hall–Kier alpha value is -3.78. The number of para-hydroxylation sites is 3. The van der Waals surface area contributed by atoms with Crippen molar-refractivity contribution in [3.05, 3.63) is 78.6 Å². The van der Waals surface area contributed by atoms with Gasteiger partial charge in [-0.2, -0.15) is 0 Å². The van der Waals surface area contributed by atoms with Crippen LogP contribution in [0.1, 0.15) is 5.56 Å². The summed E-state index contributed by atoms with van der Waals surface area (Å²) in [5, 5.41) is 11.3. The summed E-state index contributed by atoms with van der Waals surface area (Å²) in [7, 11) is 0. The van der Waals surface area contributed by atoms with Crippen LogP contribution in [0.3, 0.4) is 0 Å². The number of nitrogens with one attached hydrogen (secondary N) is 1. The van der Waals surface area contributed by atoms with Gasteiger partial charge in [-0.1, -0.05) is 29.5 Å². The highest BCUT2D eigenvalue weighted by atomic mass is 16.2. The maximum absolute atomic E-state index is 12.8. The van der Waals surface area contributed by atoms with E-state index in [0.29, 0.717) is 0 Å². The largest absolute Gasteiger partial charge is 0.367 e. The van der Waals surface area contributed by atoms with E-state index in [1.54, 1.807) is 4.68 Å². The summed E-state index contributed by atoms with van der Waals surface area (Å²) in [4.78, 5) is 21.7. The number of benzene rings is 2. The van der Waals surface area contributed by atoms with Gasteiger partial charge >= 0.3 is 0 Å². The molecule has 1 fully saturated rings. The molecule has 168 valence electrons. The molecule has 0 atom stereocenters. The summed E-state index contributed by atoms with van der Waals surface area (Å²) < 4.78 is 1.63. The molecule has 0 radical (unpaired) electrons. The van der Waals surface area contributed by atoms with E-state index < -0.39 is 0 Å². The lowest BCUT2D eigenvalue weighted by Gasteiger charge is -2.37. The standard InChI is InChI=1S/C25H27N7O/c33-25(19-32-24-8-4-2-6-22(24)28-29-32)27-21-5-1-3-7-23(21)31-17-15-30(16-18-31)14-11-20-9-12-26-13-10-20/h1-10,12-13H,11,14-19H2,(H,27,33). The molecule has 4 aromatic rings. The SMILES string of the molecule is O=C(Cn1nnc2ccccc21)Nc1ccccc1N1CCN(CCc2ccncc2)CC1. The van der Waals surface area contributed by atoms with Crippen molar-refractivity contribution in [3.8, 4) is 0 Å². The number of rotatable bonds is 7. The molecule has 8 nitrogen and oxygen atoms in total. The van der Waals surface area contributed by atoms with E-state index in [-0.39, 0.29) is 12.5 Å². The van der Waals surface area contributed by atoms with Gasteiger partial charge in [0, 0.05) is 45.1 Å². The Labute approximate surface area is 192 Å². The number of anilines is 2. The topological polar surface area (TPSA) is 79.2 Å². The van der Waals surface area contributed by atoms with E-state index >= 15 is 0 Å². The van der Waals surface area contributed by atoms with Crippen LogP contribution in [0.25, 0.3) is 11.0 Å². The van der Waals surface area contributed by atoms with Crippen LogP contribution in [0.15, 0.2) is 73.1 Å². The van der Waals surface area contributed by atoms with E-state index in [9.17, 15) is 4.79 Å². The molecule has 33 heavy (non-hydrogen) atoms. The number of piperazine rings is 1. The molecular weight excluding hydrogens is 414 g/mol. The highest BCUT2D eigenvalue weighted by Crippen LogP contribution is 2.27. The minimum atomic E-state index is -0.117. The van der Waals surface area contributed by atoms with Crippen LogP contribution >= 0.6 is 0 Å². The zero-order valence-corrected chi connectivity index (χ0v) is 18.5. The highest BCUT2D eigenvalue weighted by Gasteiger charge is 2.20. The van der Waals surface area contributed by atoms with Gasteiger partial charge in [-0.3, -0.25) is 14.7 Å². The lowest BCUT2D eigenvalue weighted by molar-refractivity contribution is -0.116. The summed E-state index contributed by atoms with van der Waals surface area (Å²) >= 11 is 0. The Balaban J connectivity index is 1.19. The monoisotopic (exact) mass is 441 g/mol. The van der Waals surface area contributed by atoms with Crippen LogP contribution < -0.4 is 10.2 Å². The smallest absolute Gasteiger partial charge is 0.246 e. The number of aromatic nitrogens is 4. The molecule has 1 aliphatic heterocycles. The van der Waals surface area contributed by atoms with Crippen molar-refractivity contribution in [3.63, 3.8) is 0 Å². The predicted octanol–water partition coefficient (Wildman–Crippen LogP) is 2.83. The zero-order chi connectivity index (χ0) is 22.5. The summed E-state index contributed by atoms with van der Waals surface area (Å²) in [6.45, 7) is 5.02. The molecule has 8 heteroatoms. The fraction of sp³-hybridized carbons (Fsp3) is 0.280. The fourth-order valence-electron chi connectivity index (χ4n) is 4.26. The van der Waals surface area contributed by atoms with Crippen LogP contribution in [-0.2, 0) is 17.8 Å². The molecule has 0 bridgehead atoms. The van der Waals surface area contributed by atoms with Crippen molar-refractivity contribution in [1.82, 2.24) is 24.9 Å². The Morgan fingerprint density at radius 2 is 1.67 bits per heavy atom. The molecule has 2 aromatic heterocycles. The van der Waals surface area contributed by atoms with Gasteiger partial charge in [0.25, 0.3) is 0 Å². The van der Waals surface area contributed by atoms with Crippen molar-refractivity contribution in [2.45, 2.75) is 13.0 Å². The van der Waals surface area contributed by atoms with Gasteiger partial charge in [0.2, 0.25) is 5.91 Å². The number of pyridine rings is 1. The molecule has 3 heterocycles. The summed E-state index contributed by atoms with van der Waals surface area (Å²) in [5.41, 5.74) is 4.84. The van der Waals surface area contributed by atoms with Gasteiger partial charge in [-0.05, 0) is 48.4 Å². The number of hydrogen-bond donors (Lipinski definition) is 1. The van der Waals surface area contributed by atoms with Crippen LogP contribution in [0, 0.1) is 0 Å². The third-order valence-corrected chi connectivity index (χ3v) is 6.07. The summed E-state index contributed by atoms with van der Waals surface area (Å²) in [6.07, 6.45) is 4.74. The van der Waals surface area contributed by atoms with Crippen molar-refractivity contribution in [2.75, 3.05) is 42.9 Å². The molecule has 1 amide bonds. The lowest BCUT2D eigenvalue weighted by Crippen LogP contribution is -2.47. The first-order chi connectivity index (χ1) is 16.3. The second-order valence-corrected chi connectivity index (χ2v) is 8.24. The zero-order valence-electron chi connectivity index (χ0n) is 18.5. The third-order valence-electron chi connectivity index (χ3n) is 6.07. The van der Waals surface area contributed by atoms with Crippen molar-refractivity contribution >= 4 is 28.3 Å². The van der Waals surface area contributed by atoms with Crippen LogP contribution in [-0.4, -0.2) is 63.5 Å². The third kappa shape index (κ3) is 5.01. The Bertz CT molecular complexity index is 1220. The first-order valence-corrected chi connectivity index (χ1v) is 11.3. The minimum absolute atomic E-state index is 0.117. The van der Waals surface area contributed by atoms with Crippen molar-refractivity contribution in [2.24, 2.45) is 0 Å². The second-order valence-electron chi connectivity index (χ2n) is 8.24. The van der Waals surface area contributed by atoms with Crippen LogP contribution in [0.5, 0.6) is 0 Å². The Morgan fingerprint density at radius 3 is 2.52 bits per heavy atom. The average molecular weight is 442 g/mol. The van der Waals surface area contributed by atoms with Crippen LogP contribution in [0.2, 0.25) is 0 Å². The van der Waals surface area contributed by atoms with Crippen molar-refractivity contribution < 1.29 is 4.79 Å². The lowest BCUT2D eigenvalue weighted by atomic mass is 10.1. The van der Waals surface area contributed by atoms with E-state index in [2.05, 4.69) is 48.6 Å². The quantitative estimate of drug-likeness (QED) is 0.475. The molecule has 0 saturated carbocycles. The van der Waals surface area contributed by atoms with Crippen molar-refractivity contribution in [1.29, 1.82) is 0 Å². The van der Waals surface area contributed by atoms with E-state index in [0.717, 1.165) is 61.6 Å². The first kappa shape index (κ1) is 21.1. The van der Waals surface area contributed by atoms with Gasteiger partial charge in [0.15, 0.2) is 0 Å². The number of hydrogen-bond acceptors (Lipinski definition) is 6.